The maximum Gasteiger partial charge on any atom is 0.407 e. The molecule has 0 aromatic carbocycles. The molecule has 8 nitrogen and oxygen atoms in total. The van der Waals surface area contributed by atoms with Crippen molar-refractivity contribution >= 4 is 18.0 Å². The van der Waals surface area contributed by atoms with Crippen molar-refractivity contribution in [3.05, 3.63) is 41.1 Å². The Balaban J connectivity index is 2.84. The molecule has 0 unspecified atom stereocenters. The van der Waals surface area contributed by atoms with Crippen LogP contribution in [0.15, 0.2) is 23.9 Å². The van der Waals surface area contributed by atoms with Gasteiger partial charge in [-0.15, -0.1) is 0 Å². The number of pyridine rings is 1. The molecule has 0 aliphatic carbocycles. The number of carbonyl (C=O) groups excluding carboxylic acids is 2. The van der Waals surface area contributed by atoms with Gasteiger partial charge in [0.2, 0.25) is 0 Å². The van der Waals surface area contributed by atoms with E-state index in [1.165, 1.54) is 13.0 Å². The summed E-state index contributed by atoms with van der Waals surface area (Å²) in [6, 6.07) is 2.11. The van der Waals surface area contributed by atoms with Crippen LogP contribution < -0.4 is 10.6 Å². The van der Waals surface area contributed by atoms with E-state index < -0.39 is 29.4 Å². The fourth-order valence-electron chi connectivity index (χ4n) is 1.64. The second kappa shape index (κ2) is 8.22. The van der Waals surface area contributed by atoms with Crippen molar-refractivity contribution < 1.29 is 28.6 Å². The van der Waals surface area contributed by atoms with E-state index in [2.05, 4.69) is 15.6 Å². The molecule has 1 aromatic rings. The fraction of sp³-hybridized carbons (Fsp3) is 0.375. The molecule has 0 radical (unpaired) electrons. The van der Waals surface area contributed by atoms with Gasteiger partial charge in [0.1, 0.15) is 22.8 Å². The Kier molecular flexibility index (Phi) is 6.60. The standard InChI is InChI=1S/C16H20FN3O5/c1-5-10(14(22)23)20-13(21)11-7-6-9(17)12(19-11)8-18-15(24)25-16(2,3)4/h5-7H,8H2,1-4H3,(H,18,24)(H,20,21)(H,22,23)/b10-5+. The van der Waals surface area contributed by atoms with Crippen LogP contribution >= 0.6 is 0 Å². The van der Waals surface area contributed by atoms with Gasteiger partial charge in [-0.25, -0.2) is 19.0 Å². The quantitative estimate of drug-likeness (QED) is 0.697. The van der Waals surface area contributed by atoms with Gasteiger partial charge in [0.25, 0.3) is 5.91 Å². The Bertz CT molecular complexity index is 710. The van der Waals surface area contributed by atoms with E-state index in [9.17, 15) is 18.8 Å². The number of alkyl carbamates (subject to hydrolysis) is 1. The zero-order chi connectivity index (χ0) is 19.2. The third-order valence-electron chi connectivity index (χ3n) is 2.72. The Morgan fingerprint density at radius 3 is 2.48 bits per heavy atom. The highest BCUT2D eigenvalue weighted by Gasteiger charge is 2.18. The minimum absolute atomic E-state index is 0.184. The molecule has 136 valence electrons. The van der Waals surface area contributed by atoms with Crippen LogP contribution in [-0.4, -0.2) is 33.7 Å². The summed E-state index contributed by atoms with van der Waals surface area (Å²) in [5, 5.41) is 13.4. The molecule has 2 amide bonds. The van der Waals surface area contributed by atoms with Gasteiger partial charge < -0.3 is 20.5 Å². The number of nitrogens with zero attached hydrogens (tertiary/aromatic N) is 1. The summed E-state index contributed by atoms with van der Waals surface area (Å²) in [6.45, 7) is 6.18. The highest BCUT2D eigenvalue weighted by Crippen LogP contribution is 2.09. The van der Waals surface area contributed by atoms with E-state index in [1.54, 1.807) is 20.8 Å². The number of rotatable bonds is 5. The van der Waals surface area contributed by atoms with Crippen LogP contribution in [0.25, 0.3) is 0 Å². The number of aromatic nitrogens is 1. The topological polar surface area (TPSA) is 118 Å². The van der Waals surface area contributed by atoms with Gasteiger partial charge >= 0.3 is 12.1 Å². The maximum absolute atomic E-state index is 13.8. The SMILES string of the molecule is C/C=C(/NC(=O)c1ccc(F)c(CNC(=O)OC(C)(C)C)n1)C(=O)O. The van der Waals surface area contributed by atoms with Gasteiger partial charge in [-0.3, -0.25) is 4.79 Å². The van der Waals surface area contributed by atoms with Crippen molar-refractivity contribution in [3.63, 3.8) is 0 Å². The van der Waals surface area contributed by atoms with Crippen LogP contribution in [0.3, 0.4) is 0 Å². The Morgan fingerprint density at radius 1 is 1.32 bits per heavy atom. The number of carboxylic acids is 1. The number of halogens is 1. The number of carboxylic acid groups (broad SMARTS) is 1. The highest BCUT2D eigenvalue weighted by molar-refractivity contribution is 5.99. The molecular formula is C16H20FN3O5. The van der Waals surface area contributed by atoms with Gasteiger partial charge in [0.05, 0.1) is 12.2 Å². The number of nitrogens with one attached hydrogen (secondary N) is 2. The molecule has 25 heavy (non-hydrogen) atoms. The van der Waals surface area contributed by atoms with Crippen molar-refractivity contribution in [2.24, 2.45) is 0 Å². The summed E-state index contributed by atoms with van der Waals surface area (Å²) < 4.78 is 18.8. The van der Waals surface area contributed by atoms with Crippen LogP contribution in [-0.2, 0) is 16.1 Å². The Labute approximate surface area is 144 Å². The number of carbonyl (C=O) groups is 3. The predicted octanol–water partition coefficient (Wildman–Crippen LogP) is 1.96. The van der Waals surface area contributed by atoms with Gasteiger partial charge in [-0.1, -0.05) is 6.08 Å². The number of hydrogen-bond donors (Lipinski definition) is 3. The lowest BCUT2D eigenvalue weighted by Gasteiger charge is -2.19. The maximum atomic E-state index is 13.8. The van der Waals surface area contributed by atoms with Gasteiger partial charge in [0, 0.05) is 0 Å². The summed E-state index contributed by atoms with van der Waals surface area (Å²) in [4.78, 5) is 38.3. The second-order valence-corrected chi connectivity index (χ2v) is 5.94. The highest BCUT2D eigenvalue weighted by atomic mass is 19.1. The monoisotopic (exact) mass is 353 g/mol. The minimum Gasteiger partial charge on any atom is -0.477 e. The van der Waals surface area contributed by atoms with Crippen molar-refractivity contribution in [3.8, 4) is 0 Å². The Morgan fingerprint density at radius 2 is 1.96 bits per heavy atom. The molecule has 1 heterocycles. The van der Waals surface area contributed by atoms with Crippen LogP contribution in [0.4, 0.5) is 9.18 Å². The minimum atomic E-state index is -1.32. The molecule has 3 N–H and O–H groups in total. The van der Waals surface area contributed by atoms with E-state index in [4.69, 9.17) is 9.84 Å². The first-order valence-corrected chi connectivity index (χ1v) is 7.36. The van der Waals surface area contributed by atoms with E-state index in [0.29, 0.717) is 0 Å². The molecule has 0 spiro atoms. The first-order valence-electron chi connectivity index (χ1n) is 7.36. The molecule has 0 bridgehead atoms. The van der Waals surface area contributed by atoms with E-state index >= 15 is 0 Å². The van der Waals surface area contributed by atoms with E-state index in [1.807, 2.05) is 0 Å². The summed E-state index contributed by atoms with van der Waals surface area (Å²) >= 11 is 0. The third kappa shape index (κ3) is 6.58. The predicted molar refractivity (Wildman–Crippen MR) is 86.1 cm³/mol. The normalized spacial score (nSPS) is 11.6. The van der Waals surface area contributed by atoms with Gasteiger partial charge in [-0.2, -0.15) is 0 Å². The molecule has 0 saturated carbocycles. The lowest BCUT2D eigenvalue weighted by molar-refractivity contribution is -0.133. The fourth-order valence-corrected chi connectivity index (χ4v) is 1.64. The molecule has 0 aliphatic heterocycles. The first-order chi connectivity index (χ1) is 11.5. The van der Waals surface area contributed by atoms with Crippen molar-refractivity contribution in [1.29, 1.82) is 0 Å². The lowest BCUT2D eigenvalue weighted by atomic mass is 10.2. The molecule has 0 fully saturated rings. The average Bonchev–Trinajstić information content (AvgIpc) is 2.49. The van der Waals surface area contributed by atoms with E-state index in [0.717, 1.165) is 12.1 Å². The van der Waals surface area contributed by atoms with Crippen molar-refractivity contribution in [2.45, 2.75) is 39.8 Å². The zero-order valence-electron chi connectivity index (χ0n) is 14.3. The van der Waals surface area contributed by atoms with Crippen LogP contribution in [0.2, 0.25) is 0 Å². The number of allylic oxidation sites excluding steroid dienone is 1. The number of aliphatic carboxylic acids is 1. The van der Waals surface area contributed by atoms with Crippen molar-refractivity contribution in [1.82, 2.24) is 15.6 Å². The summed E-state index contributed by atoms with van der Waals surface area (Å²) in [7, 11) is 0. The molecular weight excluding hydrogens is 333 g/mol. The van der Waals surface area contributed by atoms with Crippen molar-refractivity contribution in [2.75, 3.05) is 0 Å². The Hall–Kier alpha value is -2.97. The number of ether oxygens (including phenoxy) is 1. The molecule has 0 saturated heterocycles. The zero-order valence-corrected chi connectivity index (χ0v) is 14.3. The molecule has 1 rings (SSSR count). The third-order valence-corrected chi connectivity index (χ3v) is 2.72. The van der Waals surface area contributed by atoms with Crippen LogP contribution in [0, 0.1) is 5.82 Å². The molecule has 1 aromatic heterocycles. The first kappa shape index (κ1) is 20.1. The van der Waals surface area contributed by atoms with Gasteiger partial charge in [0.15, 0.2) is 0 Å². The second-order valence-electron chi connectivity index (χ2n) is 5.94. The smallest absolute Gasteiger partial charge is 0.407 e. The average molecular weight is 353 g/mol. The summed E-state index contributed by atoms with van der Waals surface area (Å²) in [5.74, 6) is -2.85. The molecule has 9 heteroatoms. The van der Waals surface area contributed by atoms with E-state index in [-0.39, 0.29) is 23.6 Å². The number of hydrogen-bond acceptors (Lipinski definition) is 5. The largest absolute Gasteiger partial charge is 0.477 e. The number of amides is 2. The van der Waals surface area contributed by atoms with Crippen LogP contribution in [0.1, 0.15) is 43.9 Å². The molecule has 0 atom stereocenters. The molecule has 0 aliphatic rings. The summed E-state index contributed by atoms with van der Waals surface area (Å²) in [6.07, 6.45) is 0.444. The van der Waals surface area contributed by atoms with Gasteiger partial charge in [-0.05, 0) is 39.8 Å². The lowest BCUT2D eigenvalue weighted by Crippen LogP contribution is -2.33. The summed E-state index contributed by atoms with van der Waals surface area (Å²) in [5.41, 5.74) is -1.42. The van der Waals surface area contributed by atoms with Crippen LogP contribution in [0.5, 0.6) is 0 Å².